The molecule has 0 fully saturated rings. The molecule has 1 aliphatic heterocycles. The highest BCUT2D eigenvalue weighted by molar-refractivity contribution is 9.10. The van der Waals surface area contributed by atoms with Crippen LogP contribution in [0.2, 0.25) is 0 Å². The molecule has 1 aliphatic rings. The van der Waals surface area contributed by atoms with Crippen molar-refractivity contribution in [2.75, 3.05) is 31.0 Å². The van der Waals surface area contributed by atoms with Gasteiger partial charge in [-0.05, 0) is 82.4 Å². The van der Waals surface area contributed by atoms with E-state index in [1.54, 1.807) is 17.9 Å². The van der Waals surface area contributed by atoms with Gasteiger partial charge in [0.1, 0.15) is 11.8 Å². The third-order valence-corrected chi connectivity index (χ3v) is 6.49. The number of carbonyl (C=O) groups is 1. The minimum atomic E-state index is -0.625. The molecule has 37 heavy (non-hydrogen) atoms. The van der Waals surface area contributed by atoms with Gasteiger partial charge in [0.05, 0.1) is 36.1 Å². The molecule has 1 unspecified atom stereocenters. The van der Waals surface area contributed by atoms with Crippen molar-refractivity contribution < 1.29 is 19.0 Å². The van der Waals surface area contributed by atoms with Crippen LogP contribution in [0.1, 0.15) is 45.7 Å². The number of nitrogens with zero attached hydrogens (tertiary/aromatic N) is 4. The number of methoxy groups -OCH3 is 1. The number of rotatable bonds is 10. The van der Waals surface area contributed by atoms with Crippen LogP contribution in [0.5, 0.6) is 17.2 Å². The van der Waals surface area contributed by atoms with Crippen molar-refractivity contribution in [1.82, 2.24) is 20.2 Å². The summed E-state index contributed by atoms with van der Waals surface area (Å²) in [4.78, 5) is 13.7. The molecule has 2 heterocycles. The van der Waals surface area contributed by atoms with E-state index in [2.05, 4.69) is 55.9 Å². The van der Waals surface area contributed by atoms with E-state index in [-0.39, 0.29) is 5.91 Å². The van der Waals surface area contributed by atoms with Crippen molar-refractivity contribution in [1.29, 1.82) is 0 Å². The summed E-state index contributed by atoms with van der Waals surface area (Å²) in [7, 11) is 1.59. The number of anilines is 2. The molecule has 196 valence electrons. The summed E-state index contributed by atoms with van der Waals surface area (Å²) in [5, 5.41) is 18.2. The molecule has 3 aromatic rings. The quantitative estimate of drug-likeness (QED) is 0.342. The summed E-state index contributed by atoms with van der Waals surface area (Å²) >= 11 is 3.64. The highest BCUT2D eigenvalue weighted by atomic mass is 79.9. The van der Waals surface area contributed by atoms with Gasteiger partial charge in [-0.2, -0.15) is 4.68 Å². The number of hydrogen-bond acceptors (Lipinski definition) is 8. The van der Waals surface area contributed by atoms with E-state index in [0.29, 0.717) is 63.8 Å². The molecular formula is C26H31BrN6O4. The van der Waals surface area contributed by atoms with Crippen LogP contribution in [0.4, 0.5) is 11.6 Å². The molecule has 11 heteroatoms. The predicted molar refractivity (Wildman–Crippen MR) is 144 cm³/mol. The lowest BCUT2D eigenvalue weighted by atomic mass is 9.94. The molecular weight excluding hydrogens is 540 g/mol. The van der Waals surface area contributed by atoms with Crippen molar-refractivity contribution in [2.45, 2.75) is 40.2 Å². The summed E-state index contributed by atoms with van der Waals surface area (Å²) in [6, 6.07) is 10.5. The van der Waals surface area contributed by atoms with Crippen molar-refractivity contribution in [3.05, 3.63) is 57.7 Å². The first kappa shape index (κ1) is 26.5. The third-order valence-electron chi connectivity index (χ3n) is 5.90. The van der Waals surface area contributed by atoms with Crippen LogP contribution in [0, 0.1) is 5.92 Å². The number of benzene rings is 2. The van der Waals surface area contributed by atoms with E-state index in [1.165, 1.54) is 0 Å². The normalized spacial score (nSPS) is 14.7. The van der Waals surface area contributed by atoms with Crippen LogP contribution >= 0.6 is 15.9 Å². The van der Waals surface area contributed by atoms with E-state index < -0.39 is 6.04 Å². The Balaban J connectivity index is 1.74. The van der Waals surface area contributed by atoms with Gasteiger partial charge >= 0.3 is 0 Å². The van der Waals surface area contributed by atoms with Crippen molar-refractivity contribution in [3.8, 4) is 17.2 Å². The summed E-state index contributed by atoms with van der Waals surface area (Å²) in [5.41, 5.74) is 2.40. The number of hydrogen-bond donors (Lipinski definition) is 2. The number of tetrazole rings is 1. The lowest BCUT2D eigenvalue weighted by molar-refractivity contribution is -0.113. The molecule has 0 bridgehead atoms. The van der Waals surface area contributed by atoms with Gasteiger partial charge in [0, 0.05) is 5.70 Å². The first-order chi connectivity index (χ1) is 17.8. The maximum atomic E-state index is 13.7. The molecule has 4 rings (SSSR count). The van der Waals surface area contributed by atoms with E-state index >= 15 is 0 Å². The van der Waals surface area contributed by atoms with Crippen molar-refractivity contribution >= 4 is 33.5 Å². The Morgan fingerprint density at radius 1 is 1.22 bits per heavy atom. The molecule has 0 saturated heterocycles. The number of allylic oxidation sites excluding steroid dienone is 1. The van der Waals surface area contributed by atoms with Gasteiger partial charge in [-0.3, -0.25) is 4.79 Å². The number of fused-ring (bicyclic) bond motifs is 1. The maximum absolute atomic E-state index is 13.7. The Morgan fingerprint density at radius 2 is 2.00 bits per heavy atom. The van der Waals surface area contributed by atoms with Crippen LogP contribution in [0.15, 0.2) is 52.1 Å². The second-order valence-corrected chi connectivity index (χ2v) is 9.82. The highest BCUT2D eigenvalue weighted by Gasteiger charge is 2.35. The lowest BCUT2D eigenvalue weighted by Gasteiger charge is -2.29. The van der Waals surface area contributed by atoms with E-state index in [9.17, 15) is 4.79 Å². The Morgan fingerprint density at radius 3 is 2.73 bits per heavy atom. The minimum absolute atomic E-state index is 0.310. The largest absolute Gasteiger partial charge is 0.493 e. The second kappa shape index (κ2) is 11.6. The molecule has 0 aliphatic carbocycles. The number of amides is 1. The number of aromatic nitrogens is 4. The van der Waals surface area contributed by atoms with Gasteiger partial charge < -0.3 is 24.8 Å². The maximum Gasteiger partial charge on any atom is 0.255 e. The molecule has 1 atom stereocenters. The van der Waals surface area contributed by atoms with Crippen molar-refractivity contribution in [3.63, 3.8) is 0 Å². The molecule has 10 nitrogen and oxygen atoms in total. The first-order valence-electron chi connectivity index (χ1n) is 12.1. The highest BCUT2D eigenvalue weighted by Crippen LogP contribution is 2.43. The Kier molecular flexibility index (Phi) is 8.32. The van der Waals surface area contributed by atoms with Crippen molar-refractivity contribution in [2.24, 2.45) is 5.92 Å². The van der Waals surface area contributed by atoms with Gasteiger partial charge in [0.15, 0.2) is 11.5 Å². The topological polar surface area (TPSA) is 112 Å². The Bertz CT molecular complexity index is 1310. The fourth-order valence-electron chi connectivity index (χ4n) is 4.09. The van der Waals surface area contributed by atoms with Crippen LogP contribution in [0.3, 0.4) is 0 Å². The zero-order chi connectivity index (χ0) is 26.5. The fourth-order valence-corrected chi connectivity index (χ4v) is 4.66. The average molecular weight is 571 g/mol. The third kappa shape index (κ3) is 5.71. The summed E-state index contributed by atoms with van der Waals surface area (Å²) in [6.45, 7) is 9.05. The number of para-hydroxylation sites is 2. The summed E-state index contributed by atoms with van der Waals surface area (Å²) < 4.78 is 19.7. The van der Waals surface area contributed by atoms with Crippen LogP contribution in [0.25, 0.3) is 0 Å². The average Bonchev–Trinajstić information content (AvgIpc) is 3.33. The second-order valence-electron chi connectivity index (χ2n) is 8.96. The molecule has 2 aromatic carbocycles. The van der Waals surface area contributed by atoms with Gasteiger partial charge in [0.2, 0.25) is 5.95 Å². The van der Waals surface area contributed by atoms with Crippen LogP contribution < -0.4 is 24.8 Å². The predicted octanol–water partition coefficient (Wildman–Crippen LogP) is 5.20. The van der Waals surface area contributed by atoms with Crippen LogP contribution in [-0.2, 0) is 4.79 Å². The van der Waals surface area contributed by atoms with E-state index in [1.807, 2.05) is 44.2 Å². The minimum Gasteiger partial charge on any atom is -0.493 e. The lowest BCUT2D eigenvalue weighted by Crippen LogP contribution is -2.31. The number of ether oxygens (including phenoxy) is 3. The molecule has 1 amide bonds. The monoisotopic (exact) mass is 570 g/mol. The van der Waals surface area contributed by atoms with E-state index in [0.717, 1.165) is 12.0 Å². The van der Waals surface area contributed by atoms with Gasteiger partial charge in [-0.15, -0.1) is 0 Å². The smallest absolute Gasteiger partial charge is 0.255 e. The van der Waals surface area contributed by atoms with E-state index in [4.69, 9.17) is 14.2 Å². The molecule has 0 radical (unpaired) electrons. The molecule has 0 saturated carbocycles. The Hall–Kier alpha value is -3.60. The molecule has 0 spiro atoms. The summed E-state index contributed by atoms with van der Waals surface area (Å²) in [5.74, 6) is 2.37. The standard InChI is InChI=1S/C26H31BrN6O4/c1-6-36-20-10-8-7-9-19(20)29-25(34)22-16(4)28-26-30-31-32-33(26)23(22)17-13-18(27)24(21(14-17)35-5)37-12-11-15(2)3/h7-10,13-15,23H,6,11-12H2,1-5H3,(H,29,34)(H,28,30,32). The summed E-state index contributed by atoms with van der Waals surface area (Å²) in [6.07, 6.45) is 0.912. The SMILES string of the molecule is CCOc1ccccc1NC(=O)C1=C(C)Nc2nnnn2C1c1cc(Br)c(OCCC(C)C)c(OC)c1. The fraction of sp³-hybridized carbons (Fsp3) is 0.385. The Labute approximate surface area is 224 Å². The van der Waals surface area contributed by atoms with Gasteiger partial charge in [-0.25, -0.2) is 0 Å². The number of nitrogens with one attached hydrogen (secondary N) is 2. The van der Waals surface area contributed by atoms with Gasteiger partial charge in [0.25, 0.3) is 5.91 Å². The number of carbonyl (C=O) groups excluding carboxylic acids is 1. The number of halogens is 1. The zero-order valence-corrected chi connectivity index (χ0v) is 23.1. The molecule has 2 N–H and O–H groups in total. The van der Waals surface area contributed by atoms with Crippen LogP contribution in [-0.4, -0.2) is 46.4 Å². The zero-order valence-electron chi connectivity index (χ0n) is 21.5. The first-order valence-corrected chi connectivity index (χ1v) is 12.9. The molecule has 1 aromatic heterocycles. The van der Waals surface area contributed by atoms with Gasteiger partial charge in [-0.1, -0.05) is 31.1 Å².